The summed E-state index contributed by atoms with van der Waals surface area (Å²) < 4.78 is 1.69. The lowest BCUT2D eigenvalue weighted by Gasteiger charge is -2.15. The fourth-order valence-corrected chi connectivity index (χ4v) is 4.14. The Morgan fingerprint density at radius 1 is 1.19 bits per heavy atom. The summed E-state index contributed by atoms with van der Waals surface area (Å²) in [6.45, 7) is 6.35. The van der Waals surface area contributed by atoms with Gasteiger partial charge in [-0.05, 0) is 18.6 Å². The fourth-order valence-electron chi connectivity index (χ4n) is 3.11. The number of para-hydroxylation sites is 1. The lowest BCUT2D eigenvalue weighted by Crippen LogP contribution is -2.23. The van der Waals surface area contributed by atoms with Gasteiger partial charge in [0.1, 0.15) is 11.0 Å². The molecule has 0 saturated heterocycles. The molecule has 2 aromatic heterocycles. The molecule has 2 heterocycles. The molecular weight excluding hydrogens is 342 g/mol. The summed E-state index contributed by atoms with van der Waals surface area (Å²) in [5.41, 5.74) is 3.35. The van der Waals surface area contributed by atoms with Crippen molar-refractivity contribution < 1.29 is 0 Å². The van der Waals surface area contributed by atoms with Crippen LogP contribution in [0.15, 0.2) is 77.2 Å². The minimum Gasteiger partial charge on any atom is -0.349 e. The molecule has 0 aliphatic heterocycles. The van der Waals surface area contributed by atoms with Gasteiger partial charge in [-0.3, -0.25) is 9.36 Å². The van der Waals surface area contributed by atoms with Gasteiger partial charge in [0.2, 0.25) is 0 Å². The number of rotatable bonds is 5. The van der Waals surface area contributed by atoms with Crippen LogP contribution in [0.5, 0.6) is 0 Å². The van der Waals surface area contributed by atoms with Gasteiger partial charge in [0.25, 0.3) is 5.56 Å². The van der Waals surface area contributed by atoms with Crippen molar-refractivity contribution in [2.45, 2.75) is 23.9 Å². The number of nitrogens with zero attached hydrogens (tertiary/aromatic N) is 2. The maximum atomic E-state index is 13.1. The number of hydrogen-bond acceptors (Lipinski definition) is 3. The van der Waals surface area contributed by atoms with Gasteiger partial charge < -0.3 is 4.98 Å². The molecule has 4 nitrogen and oxygen atoms in total. The van der Waals surface area contributed by atoms with Crippen LogP contribution >= 0.6 is 11.8 Å². The Balaban J connectivity index is 1.89. The van der Waals surface area contributed by atoms with E-state index >= 15 is 0 Å². The van der Waals surface area contributed by atoms with Crippen LogP contribution in [-0.4, -0.2) is 14.5 Å². The van der Waals surface area contributed by atoms with Crippen LogP contribution in [0.25, 0.3) is 21.9 Å². The van der Waals surface area contributed by atoms with Gasteiger partial charge >= 0.3 is 0 Å². The van der Waals surface area contributed by atoms with E-state index in [0.717, 1.165) is 16.4 Å². The number of hydrogen-bond donors (Lipinski definition) is 1. The molecule has 130 valence electrons. The first-order valence-corrected chi connectivity index (χ1v) is 9.40. The molecule has 1 N–H and O–H groups in total. The first kappa shape index (κ1) is 16.7. The number of thioether (sulfide) groups is 1. The Hall–Kier alpha value is -2.79. The van der Waals surface area contributed by atoms with Crippen molar-refractivity contribution >= 4 is 33.7 Å². The number of nitrogens with one attached hydrogen (secondary N) is 1. The molecule has 0 aliphatic carbocycles. The third-order valence-electron chi connectivity index (χ3n) is 4.44. The summed E-state index contributed by atoms with van der Waals surface area (Å²) in [6, 6.07) is 18.1. The topological polar surface area (TPSA) is 50.7 Å². The number of benzene rings is 2. The molecular formula is C21H19N3OS. The predicted molar refractivity (Wildman–Crippen MR) is 109 cm³/mol. The van der Waals surface area contributed by atoms with E-state index in [1.165, 1.54) is 5.56 Å². The molecule has 0 bridgehead atoms. The van der Waals surface area contributed by atoms with E-state index in [1.807, 2.05) is 42.5 Å². The first-order chi connectivity index (χ1) is 12.7. The van der Waals surface area contributed by atoms with Gasteiger partial charge in [-0.2, -0.15) is 0 Å². The number of aromatic amines is 1. The summed E-state index contributed by atoms with van der Waals surface area (Å²) in [6.07, 6.45) is 1.73. The summed E-state index contributed by atoms with van der Waals surface area (Å²) in [7, 11) is 0. The van der Waals surface area contributed by atoms with E-state index in [0.29, 0.717) is 17.2 Å². The Bertz CT molecular complexity index is 1140. The molecule has 1 unspecified atom stereocenters. The second-order valence-electron chi connectivity index (χ2n) is 6.16. The lowest BCUT2D eigenvalue weighted by atomic mass is 10.2. The van der Waals surface area contributed by atoms with E-state index in [-0.39, 0.29) is 10.8 Å². The molecule has 0 amide bonds. The highest BCUT2D eigenvalue weighted by Crippen LogP contribution is 2.34. The zero-order chi connectivity index (χ0) is 18.1. The number of H-pyrrole nitrogens is 1. The highest BCUT2D eigenvalue weighted by molar-refractivity contribution is 7.99. The summed E-state index contributed by atoms with van der Waals surface area (Å²) in [4.78, 5) is 21.1. The van der Waals surface area contributed by atoms with Crippen LogP contribution in [0.1, 0.15) is 17.7 Å². The first-order valence-electron chi connectivity index (χ1n) is 8.53. The maximum absolute atomic E-state index is 13.1. The average Bonchev–Trinajstić information content (AvgIpc) is 3.04. The summed E-state index contributed by atoms with van der Waals surface area (Å²) in [5, 5.41) is 1.87. The highest BCUT2D eigenvalue weighted by Gasteiger charge is 2.17. The van der Waals surface area contributed by atoms with Crippen LogP contribution in [0.3, 0.4) is 0 Å². The molecule has 0 spiro atoms. The van der Waals surface area contributed by atoms with E-state index in [1.54, 1.807) is 22.4 Å². The summed E-state index contributed by atoms with van der Waals surface area (Å²) in [5.74, 6) is 0. The SMILES string of the molecule is C=CCn1c(SC(C)c2ccccc2)nc2c([nH]c3ccccc32)c1=O. The van der Waals surface area contributed by atoms with E-state index < -0.39 is 0 Å². The van der Waals surface area contributed by atoms with Crippen molar-refractivity contribution in [2.24, 2.45) is 0 Å². The molecule has 4 rings (SSSR count). The number of fused-ring (bicyclic) bond motifs is 3. The normalized spacial score (nSPS) is 12.5. The van der Waals surface area contributed by atoms with E-state index in [2.05, 4.69) is 30.6 Å². The van der Waals surface area contributed by atoms with Gasteiger partial charge in [-0.25, -0.2) is 4.98 Å². The molecule has 2 aromatic carbocycles. The molecule has 0 saturated carbocycles. The molecule has 5 heteroatoms. The second-order valence-corrected chi connectivity index (χ2v) is 7.47. The van der Waals surface area contributed by atoms with Crippen molar-refractivity contribution in [3.63, 3.8) is 0 Å². The molecule has 4 aromatic rings. The summed E-state index contributed by atoms with van der Waals surface area (Å²) >= 11 is 1.59. The Morgan fingerprint density at radius 2 is 1.92 bits per heavy atom. The fraction of sp³-hybridized carbons (Fsp3) is 0.143. The lowest BCUT2D eigenvalue weighted by molar-refractivity contribution is 0.669. The number of aromatic nitrogens is 3. The van der Waals surface area contributed by atoms with Crippen LogP contribution < -0.4 is 5.56 Å². The third-order valence-corrected chi connectivity index (χ3v) is 5.59. The van der Waals surface area contributed by atoms with Gasteiger partial charge in [0.15, 0.2) is 5.16 Å². The minimum atomic E-state index is -0.0612. The van der Waals surface area contributed by atoms with Gasteiger partial charge in [-0.1, -0.05) is 66.4 Å². The van der Waals surface area contributed by atoms with Crippen molar-refractivity contribution in [1.29, 1.82) is 0 Å². The van der Waals surface area contributed by atoms with Crippen LogP contribution in [0, 0.1) is 0 Å². The zero-order valence-electron chi connectivity index (χ0n) is 14.5. The maximum Gasteiger partial charge on any atom is 0.278 e. The quantitative estimate of drug-likeness (QED) is 0.312. The Kier molecular flexibility index (Phi) is 4.39. The van der Waals surface area contributed by atoms with Gasteiger partial charge in [0, 0.05) is 22.7 Å². The third kappa shape index (κ3) is 2.84. The van der Waals surface area contributed by atoms with Gasteiger partial charge in [-0.15, -0.1) is 6.58 Å². The predicted octanol–water partition coefficient (Wildman–Crippen LogP) is 4.92. The highest BCUT2D eigenvalue weighted by atomic mass is 32.2. The Labute approximate surface area is 155 Å². The molecule has 26 heavy (non-hydrogen) atoms. The average molecular weight is 361 g/mol. The van der Waals surface area contributed by atoms with Crippen molar-refractivity contribution in [3.8, 4) is 0 Å². The van der Waals surface area contributed by atoms with Crippen LogP contribution in [0.2, 0.25) is 0 Å². The van der Waals surface area contributed by atoms with Crippen molar-refractivity contribution in [3.05, 3.63) is 83.2 Å². The molecule has 0 fully saturated rings. The standard InChI is InChI=1S/C21H19N3OS/c1-3-13-24-20(25)19-18(16-11-7-8-12-17(16)22-19)23-21(24)26-14(2)15-9-5-4-6-10-15/h3-12,14,22H,1,13H2,2H3. The van der Waals surface area contributed by atoms with Crippen molar-refractivity contribution in [2.75, 3.05) is 0 Å². The molecule has 0 radical (unpaired) electrons. The van der Waals surface area contributed by atoms with E-state index in [9.17, 15) is 4.79 Å². The molecule has 0 aliphatic rings. The smallest absolute Gasteiger partial charge is 0.278 e. The van der Waals surface area contributed by atoms with E-state index in [4.69, 9.17) is 4.98 Å². The van der Waals surface area contributed by atoms with Crippen molar-refractivity contribution in [1.82, 2.24) is 14.5 Å². The zero-order valence-corrected chi connectivity index (χ0v) is 15.3. The monoisotopic (exact) mass is 361 g/mol. The minimum absolute atomic E-state index is 0.0612. The molecule has 1 atom stereocenters. The van der Waals surface area contributed by atoms with Crippen LogP contribution in [-0.2, 0) is 6.54 Å². The second kappa shape index (κ2) is 6.84. The number of allylic oxidation sites excluding steroid dienone is 1. The Morgan fingerprint density at radius 3 is 2.69 bits per heavy atom. The van der Waals surface area contributed by atoms with Gasteiger partial charge in [0.05, 0.1) is 0 Å². The largest absolute Gasteiger partial charge is 0.349 e. The van der Waals surface area contributed by atoms with Crippen LogP contribution in [0.4, 0.5) is 0 Å².